The maximum atomic E-state index is 13.8. The number of amides is 1. The van der Waals surface area contributed by atoms with Gasteiger partial charge in [0.2, 0.25) is 5.91 Å². The van der Waals surface area contributed by atoms with Crippen molar-refractivity contribution >= 4 is 5.91 Å². The summed E-state index contributed by atoms with van der Waals surface area (Å²) in [4.78, 5) is 18.3. The number of likely N-dealkylation sites (N-methyl/N-ethyl adjacent to an activating group) is 1. The average Bonchev–Trinajstić information content (AvgIpc) is 3.15. The molecule has 0 bridgehead atoms. The maximum absolute atomic E-state index is 13.8. The summed E-state index contributed by atoms with van der Waals surface area (Å²) < 4.78 is 32.9. The van der Waals surface area contributed by atoms with Crippen LogP contribution in [0.4, 0.5) is 8.78 Å². The molecule has 1 unspecified atom stereocenters. The fourth-order valence-electron chi connectivity index (χ4n) is 3.04. The van der Waals surface area contributed by atoms with Gasteiger partial charge in [0, 0.05) is 19.4 Å². The Kier molecular flexibility index (Phi) is 6.72. The molecule has 3 rings (SSSR count). The molecule has 29 heavy (non-hydrogen) atoms. The number of hydrogen-bond donors (Lipinski definition) is 1. The van der Waals surface area contributed by atoms with Crippen LogP contribution in [-0.4, -0.2) is 36.4 Å². The van der Waals surface area contributed by atoms with Crippen LogP contribution in [0.3, 0.4) is 0 Å². The Labute approximate surface area is 168 Å². The zero-order valence-electron chi connectivity index (χ0n) is 16.4. The summed E-state index contributed by atoms with van der Waals surface area (Å²) in [5.74, 6) is -0.167. The Morgan fingerprint density at radius 2 is 1.97 bits per heavy atom. The number of hydrogen-bond acceptors (Lipinski definition) is 4. The van der Waals surface area contributed by atoms with Crippen LogP contribution in [0.15, 0.2) is 59.1 Å². The Balaban J connectivity index is 1.54. The third-order valence-corrected chi connectivity index (χ3v) is 4.61. The first-order valence-electron chi connectivity index (χ1n) is 9.32. The first kappa shape index (κ1) is 20.7. The summed E-state index contributed by atoms with van der Waals surface area (Å²) in [5, 5.41) is 2.87. The third-order valence-electron chi connectivity index (χ3n) is 4.61. The molecular formula is C22H23F2N3O2. The molecule has 0 saturated carbocycles. The summed E-state index contributed by atoms with van der Waals surface area (Å²) in [6.45, 7) is 0.349. The lowest BCUT2D eigenvalue weighted by atomic mass is 10.1. The van der Waals surface area contributed by atoms with Gasteiger partial charge in [-0.25, -0.2) is 13.8 Å². The van der Waals surface area contributed by atoms with E-state index in [9.17, 15) is 13.6 Å². The van der Waals surface area contributed by atoms with E-state index in [0.29, 0.717) is 30.2 Å². The quantitative estimate of drug-likeness (QED) is 0.623. The number of benzene rings is 2. The van der Waals surface area contributed by atoms with Gasteiger partial charge < -0.3 is 14.6 Å². The highest BCUT2D eigenvalue weighted by molar-refractivity contribution is 5.76. The maximum Gasteiger partial charge on any atom is 0.220 e. The molecule has 0 aliphatic rings. The van der Waals surface area contributed by atoms with Gasteiger partial charge in [-0.05, 0) is 43.9 Å². The summed E-state index contributed by atoms with van der Waals surface area (Å²) in [6.07, 6.45) is 1.94. The van der Waals surface area contributed by atoms with E-state index in [-0.39, 0.29) is 30.0 Å². The van der Waals surface area contributed by atoms with E-state index in [1.165, 1.54) is 24.4 Å². The highest BCUT2D eigenvalue weighted by Crippen LogP contribution is 2.23. The summed E-state index contributed by atoms with van der Waals surface area (Å²) in [6, 6.07) is 12.5. The van der Waals surface area contributed by atoms with Gasteiger partial charge in [0.15, 0.2) is 11.7 Å². The number of rotatable bonds is 8. The van der Waals surface area contributed by atoms with Crippen molar-refractivity contribution in [1.82, 2.24) is 15.2 Å². The fraction of sp³-hybridized carbons (Fsp3) is 0.273. The summed E-state index contributed by atoms with van der Waals surface area (Å²) >= 11 is 0. The smallest absolute Gasteiger partial charge is 0.220 e. The molecule has 2 aromatic carbocycles. The van der Waals surface area contributed by atoms with Crippen LogP contribution in [-0.2, 0) is 11.2 Å². The molecule has 1 N–H and O–H groups in total. The monoisotopic (exact) mass is 399 g/mol. The van der Waals surface area contributed by atoms with Crippen LogP contribution >= 0.6 is 0 Å². The van der Waals surface area contributed by atoms with Crippen molar-refractivity contribution in [1.29, 1.82) is 0 Å². The first-order chi connectivity index (χ1) is 13.9. The van der Waals surface area contributed by atoms with E-state index in [1.807, 2.05) is 25.1 Å². The predicted octanol–water partition coefficient (Wildman–Crippen LogP) is 3.97. The van der Waals surface area contributed by atoms with Gasteiger partial charge in [-0.15, -0.1) is 0 Å². The molecule has 0 aliphatic heterocycles. The molecule has 1 aromatic heterocycles. The zero-order chi connectivity index (χ0) is 20.8. The van der Waals surface area contributed by atoms with Crippen molar-refractivity contribution in [2.75, 3.05) is 20.6 Å². The van der Waals surface area contributed by atoms with E-state index in [0.717, 1.165) is 5.56 Å². The van der Waals surface area contributed by atoms with Gasteiger partial charge >= 0.3 is 0 Å². The molecule has 0 radical (unpaired) electrons. The molecule has 7 heteroatoms. The molecule has 0 saturated heterocycles. The predicted molar refractivity (Wildman–Crippen MR) is 106 cm³/mol. The minimum Gasteiger partial charge on any atom is -0.441 e. The highest BCUT2D eigenvalue weighted by atomic mass is 19.1. The third kappa shape index (κ3) is 5.48. The molecule has 152 valence electrons. The summed E-state index contributed by atoms with van der Waals surface area (Å²) in [7, 11) is 3.75. The molecule has 0 fully saturated rings. The fourth-order valence-corrected chi connectivity index (χ4v) is 3.04. The van der Waals surface area contributed by atoms with Crippen molar-refractivity contribution < 1.29 is 18.0 Å². The van der Waals surface area contributed by atoms with E-state index in [4.69, 9.17) is 4.42 Å². The lowest BCUT2D eigenvalue weighted by Crippen LogP contribution is -2.34. The Morgan fingerprint density at radius 1 is 1.17 bits per heavy atom. The second-order valence-corrected chi connectivity index (χ2v) is 6.94. The van der Waals surface area contributed by atoms with Crippen LogP contribution in [0.1, 0.15) is 23.9 Å². The van der Waals surface area contributed by atoms with E-state index >= 15 is 0 Å². The molecular weight excluding hydrogens is 376 g/mol. The van der Waals surface area contributed by atoms with Gasteiger partial charge in [0.25, 0.3) is 0 Å². The minimum atomic E-state index is -0.389. The number of halogens is 2. The molecule has 1 atom stereocenters. The van der Waals surface area contributed by atoms with Crippen molar-refractivity contribution in [2.45, 2.75) is 18.9 Å². The van der Waals surface area contributed by atoms with Crippen molar-refractivity contribution in [3.05, 3.63) is 77.8 Å². The van der Waals surface area contributed by atoms with Crippen molar-refractivity contribution in [3.8, 4) is 11.3 Å². The SMILES string of the molecule is CN(C)C(CNC(=O)CCc1ncc(-c2ccccc2F)o1)c1cccc(F)c1. The summed E-state index contributed by atoms with van der Waals surface area (Å²) in [5.41, 5.74) is 1.12. The first-order valence-corrected chi connectivity index (χ1v) is 9.32. The van der Waals surface area contributed by atoms with E-state index in [2.05, 4.69) is 10.3 Å². The number of oxazole rings is 1. The van der Waals surface area contributed by atoms with E-state index < -0.39 is 0 Å². The second-order valence-electron chi connectivity index (χ2n) is 6.94. The standard InChI is InChI=1S/C22H23F2N3O2/c1-27(2)19(15-6-5-7-16(23)12-15)13-25-21(28)10-11-22-26-14-20(29-22)17-8-3-4-9-18(17)24/h3-9,12,14,19H,10-11,13H2,1-2H3,(H,25,28). The Bertz CT molecular complexity index is 972. The zero-order valence-corrected chi connectivity index (χ0v) is 16.4. The minimum absolute atomic E-state index is 0.149. The number of aromatic nitrogens is 1. The number of nitrogens with zero attached hydrogens (tertiary/aromatic N) is 2. The highest BCUT2D eigenvalue weighted by Gasteiger charge is 2.17. The van der Waals surface area contributed by atoms with Crippen LogP contribution in [0.2, 0.25) is 0 Å². The Morgan fingerprint density at radius 3 is 2.69 bits per heavy atom. The Hall–Kier alpha value is -3.06. The van der Waals surface area contributed by atoms with Crippen LogP contribution < -0.4 is 5.32 Å². The number of carbonyl (C=O) groups excluding carboxylic acids is 1. The number of nitrogens with one attached hydrogen (secondary N) is 1. The molecule has 3 aromatic rings. The lowest BCUT2D eigenvalue weighted by Gasteiger charge is -2.25. The molecule has 5 nitrogen and oxygen atoms in total. The van der Waals surface area contributed by atoms with Crippen LogP contribution in [0.25, 0.3) is 11.3 Å². The van der Waals surface area contributed by atoms with Gasteiger partial charge in [-0.3, -0.25) is 4.79 Å². The van der Waals surface area contributed by atoms with Gasteiger partial charge in [0.1, 0.15) is 11.6 Å². The number of carbonyl (C=O) groups is 1. The topological polar surface area (TPSA) is 58.4 Å². The van der Waals surface area contributed by atoms with E-state index in [1.54, 1.807) is 24.3 Å². The average molecular weight is 399 g/mol. The normalized spacial score (nSPS) is 12.2. The molecule has 0 spiro atoms. The van der Waals surface area contributed by atoms with Crippen LogP contribution in [0, 0.1) is 11.6 Å². The molecule has 1 heterocycles. The van der Waals surface area contributed by atoms with Gasteiger partial charge in [-0.1, -0.05) is 24.3 Å². The van der Waals surface area contributed by atoms with Crippen LogP contribution in [0.5, 0.6) is 0 Å². The molecule has 0 aliphatic carbocycles. The largest absolute Gasteiger partial charge is 0.441 e. The number of aryl methyl sites for hydroxylation is 1. The van der Waals surface area contributed by atoms with Gasteiger partial charge in [-0.2, -0.15) is 0 Å². The van der Waals surface area contributed by atoms with Gasteiger partial charge in [0.05, 0.1) is 17.8 Å². The lowest BCUT2D eigenvalue weighted by molar-refractivity contribution is -0.121. The van der Waals surface area contributed by atoms with Crippen molar-refractivity contribution in [2.24, 2.45) is 0 Å². The van der Waals surface area contributed by atoms with Crippen molar-refractivity contribution in [3.63, 3.8) is 0 Å². The second kappa shape index (κ2) is 9.43. The molecule has 1 amide bonds.